The summed E-state index contributed by atoms with van der Waals surface area (Å²) in [7, 11) is 2.10. The van der Waals surface area contributed by atoms with Gasteiger partial charge in [-0.1, -0.05) is 38.1 Å². The number of hydrogen-bond donors (Lipinski definition) is 1. The highest BCUT2D eigenvalue weighted by Crippen LogP contribution is 2.26. The summed E-state index contributed by atoms with van der Waals surface area (Å²) in [5.74, 6) is 1.35. The Morgan fingerprint density at radius 2 is 1.91 bits per heavy atom. The van der Waals surface area contributed by atoms with Gasteiger partial charge in [0.05, 0.1) is 6.04 Å². The van der Waals surface area contributed by atoms with E-state index in [0.717, 1.165) is 31.0 Å². The number of likely N-dealkylation sites (N-methyl/N-ethyl adjacent to an activating group) is 1. The van der Waals surface area contributed by atoms with Crippen molar-refractivity contribution < 1.29 is 4.52 Å². The molecule has 0 bridgehead atoms. The van der Waals surface area contributed by atoms with E-state index in [1.165, 1.54) is 5.56 Å². The fraction of sp³-hybridized carbons (Fsp3) is 0.529. The second-order valence-electron chi connectivity index (χ2n) is 6.99. The molecule has 0 aliphatic carbocycles. The number of nitrogens with zero attached hydrogens (tertiary/aromatic N) is 3. The lowest BCUT2D eigenvalue weighted by Crippen LogP contribution is -2.44. The highest BCUT2D eigenvalue weighted by atomic mass is 35.5. The molecule has 0 spiro atoms. The van der Waals surface area contributed by atoms with Gasteiger partial charge in [0, 0.05) is 25.2 Å². The minimum atomic E-state index is 0. The molecule has 6 heteroatoms. The molecule has 1 N–H and O–H groups in total. The first-order chi connectivity index (χ1) is 10.4. The standard InChI is InChI=1S/C17H24N4O.ClH/c1-17(2,3)13-7-5-12(6-8-13)16-19-15(20-22-16)14-11-18-9-10-21(14)4;/h5-8,14,18H,9-11H2,1-4H3;1H. The summed E-state index contributed by atoms with van der Waals surface area (Å²) in [4.78, 5) is 6.84. The Labute approximate surface area is 143 Å². The Morgan fingerprint density at radius 1 is 1.22 bits per heavy atom. The minimum Gasteiger partial charge on any atom is -0.334 e. The van der Waals surface area contributed by atoms with Crippen LogP contribution in [0.1, 0.15) is 38.2 Å². The van der Waals surface area contributed by atoms with Crippen molar-refractivity contribution in [3.05, 3.63) is 35.7 Å². The van der Waals surface area contributed by atoms with Crippen molar-refractivity contribution in [2.75, 3.05) is 26.7 Å². The van der Waals surface area contributed by atoms with E-state index in [-0.39, 0.29) is 23.9 Å². The molecule has 0 radical (unpaired) electrons. The monoisotopic (exact) mass is 336 g/mol. The molecule has 1 aromatic heterocycles. The van der Waals surface area contributed by atoms with Crippen molar-refractivity contribution in [3.63, 3.8) is 0 Å². The van der Waals surface area contributed by atoms with E-state index >= 15 is 0 Å². The predicted molar refractivity (Wildman–Crippen MR) is 93.9 cm³/mol. The Kier molecular flexibility index (Phi) is 5.45. The van der Waals surface area contributed by atoms with E-state index in [1.807, 2.05) is 0 Å². The van der Waals surface area contributed by atoms with Gasteiger partial charge in [-0.05, 0) is 30.2 Å². The van der Waals surface area contributed by atoms with Gasteiger partial charge in [0.2, 0.25) is 0 Å². The van der Waals surface area contributed by atoms with Crippen LogP contribution in [0.5, 0.6) is 0 Å². The van der Waals surface area contributed by atoms with Gasteiger partial charge in [0.15, 0.2) is 5.82 Å². The van der Waals surface area contributed by atoms with E-state index in [1.54, 1.807) is 0 Å². The minimum absolute atomic E-state index is 0. The summed E-state index contributed by atoms with van der Waals surface area (Å²) < 4.78 is 5.46. The van der Waals surface area contributed by atoms with Crippen LogP contribution in [0.25, 0.3) is 11.5 Å². The maximum absolute atomic E-state index is 5.46. The Morgan fingerprint density at radius 3 is 2.52 bits per heavy atom. The molecular weight excluding hydrogens is 312 g/mol. The molecule has 2 heterocycles. The largest absolute Gasteiger partial charge is 0.334 e. The summed E-state index contributed by atoms with van der Waals surface area (Å²) in [6.45, 7) is 9.48. The lowest BCUT2D eigenvalue weighted by Gasteiger charge is -2.30. The summed E-state index contributed by atoms with van der Waals surface area (Å²) in [5, 5.41) is 7.54. The molecule has 1 aromatic carbocycles. The van der Waals surface area contributed by atoms with Crippen LogP contribution in [0.2, 0.25) is 0 Å². The second kappa shape index (κ2) is 6.99. The average molecular weight is 337 g/mol. The highest BCUT2D eigenvalue weighted by Gasteiger charge is 2.25. The molecule has 3 rings (SSSR count). The molecule has 5 nitrogen and oxygen atoms in total. The molecule has 2 aromatic rings. The summed E-state index contributed by atoms with van der Waals surface area (Å²) >= 11 is 0. The Bertz CT molecular complexity index is 633. The summed E-state index contributed by atoms with van der Waals surface area (Å²) in [5.41, 5.74) is 2.42. The van der Waals surface area contributed by atoms with Gasteiger partial charge in [-0.3, -0.25) is 4.90 Å². The van der Waals surface area contributed by atoms with Gasteiger partial charge < -0.3 is 9.84 Å². The first-order valence-electron chi connectivity index (χ1n) is 7.80. The molecule has 1 saturated heterocycles. The zero-order chi connectivity index (χ0) is 15.7. The van der Waals surface area contributed by atoms with Crippen LogP contribution in [0, 0.1) is 0 Å². The summed E-state index contributed by atoms with van der Waals surface area (Å²) in [6.07, 6.45) is 0. The maximum atomic E-state index is 5.46. The molecule has 1 aliphatic rings. The van der Waals surface area contributed by atoms with Gasteiger partial charge in [-0.25, -0.2) is 0 Å². The van der Waals surface area contributed by atoms with Gasteiger partial charge in [-0.15, -0.1) is 12.4 Å². The van der Waals surface area contributed by atoms with Crippen LogP contribution in [-0.4, -0.2) is 41.7 Å². The molecule has 1 atom stereocenters. The van der Waals surface area contributed by atoms with Crippen LogP contribution >= 0.6 is 12.4 Å². The van der Waals surface area contributed by atoms with Gasteiger partial charge in [0.1, 0.15) is 0 Å². The molecule has 1 unspecified atom stereocenters. The smallest absolute Gasteiger partial charge is 0.257 e. The Balaban J connectivity index is 0.00000192. The van der Waals surface area contributed by atoms with Crippen LogP contribution < -0.4 is 5.32 Å². The summed E-state index contributed by atoms with van der Waals surface area (Å²) in [6, 6.07) is 8.56. The van der Waals surface area contributed by atoms with Crippen molar-refractivity contribution in [2.45, 2.75) is 32.2 Å². The van der Waals surface area contributed by atoms with E-state index in [9.17, 15) is 0 Å². The number of aromatic nitrogens is 2. The number of nitrogens with one attached hydrogen (secondary N) is 1. The molecule has 126 valence electrons. The Hall–Kier alpha value is -1.43. The third-order valence-corrected chi connectivity index (χ3v) is 4.25. The number of benzene rings is 1. The van der Waals surface area contributed by atoms with E-state index in [4.69, 9.17) is 4.52 Å². The molecule has 1 fully saturated rings. The van der Waals surface area contributed by atoms with Crippen LogP contribution in [-0.2, 0) is 5.41 Å². The normalized spacial score (nSPS) is 19.4. The number of hydrogen-bond acceptors (Lipinski definition) is 5. The number of rotatable bonds is 2. The van der Waals surface area contributed by atoms with Crippen molar-refractivity contribution in [1.29, 1.82) is 0 Å². The lowest BCUT2D eigenvalue weighted by molar-refractivity contribution is 0.190. The van der Waals surface area contributed by atoms with Crippen molar-refractivity contribution in [3.8, 4) is 11.5 Å². The van der Waals surface area contributed by atoms with Crippen LogP contribution in [0.3, 0.4) is 0 Å². The predicted octanol–water partition coefficient (Wildman–Crippen LogP) is 3.03. The topological polar surface area (TPSA) is 54.2 Å². The SMILES string of the molecule is CN1CCNCC1c1noc(-c2ccc(C(C)(C)C)cc2)n1.Cl. The quantitative estimate of drug-likeness (QED) is 0.913. The molecule has 0 amide bonds. The molecular formula is C17H25ClN4O. The zero-order valence-electron chi connectivity index (χ0n) is 14.2. The van der Waals surface area contributed by atoms with Crippen molar-refractivity contribution >= 4 is 12.4 Å². The molecule has 0 saturated carbocycles. The number of halogens is 1. The maximum Gasteiger partial charge on any atom is 0.257 e. The van der Waals surface area contributed by atoms with Gasteiger partial charge in [0.25, 0.3) is 5.89 Å². The fourth-order valence-electron chi connectivity index (χ4n) is 2.69. The average Bonchev–Trinajstić information content (AvgIpc) is 2.96. The second-order valence-corrected chi connectivity index (χ2v) is 6.99. The van der Waals surface area contributed by atoms with Crippen LogP contribution in [0.15, 0.2) is 28.8 Å². The lowest BCUT2D eigenvalue weighted by atomic mass is 9.87. The molecule has 23 heavy (non-hydrogen) atoms. The number of piperazine rings is 1. The van der Waals surface area contributed by atoms with Gasteiger partial charge in [-0.2, -0.15) is 4.98 Å². The first-order valence-corrected chi connectivity index (χ1v) is 7.80. The third-order valence-electron chi connectivity index (χ3n) is 4.25. The van der Waals surface area contributed by atoms with E-state index in [2.05, 4.69) is 72.4 Å². The highest BCUT2D eigenvalue weighted by molar-refractivity contribution is 5.85. The third kappa shape index (κ3) is 3.91. The van der Waals surface area contributed by atoms with Gasteiger partial charge >= 0.3 is 0 Å². The van der Waals surface area contributed by atoms with Crippen molar-refractivity contribution in [1.82, 2.24) is 20.4 Å². The zero-order valence-corrected chi connectivity index (χ0v) is 15.0. The molecule has 1 aliphatic heterocycles. The van der Waals surface area contributed by atoms with E-state index in [0.29, 0.717) is 5.89 Å². The van der Waals surface area contributed by atoms with E-state index < -0.39 is 0 Å². The fourth-order valence-corrected chi connectivity index (χ4v) is 2.69. The first kappa shape index (κ1) is 17.9. The van der Waals surface area contributed by atoms with Crippen molar-refractivity contribution in [2.24, 2.45) is 0 Å². The van der Waals surface area contributed by atoms with Crippen LogP contribution in [0.4, 0.5) is 0 Å².